The van der Waals surface area contributed by atoms with Gasteiger partial charge in [0.2, 0.25) is 5.91 Å². The fourth-order valence-corrected chi connectivity index (χ4v) is 2.85. The molecule has 0 spiro atoms. The lowest BCUT2D eigenvalue weighted by molar-refractivity contribution is -0.126. The number of nitrogens with zero attached hydrogens (tertiary/aromatic N) is 1. The van der Waals surface area contributed by atoms with Crippen LogP contribution in [0.1, 0.15) is 41.3 Å². The summed E-state index contributed by atoms with van der Waals surface area (Å²) in [7, 11) is 0. The first-order chi connectivity index (χ1) is 9.08. The average molecular weight is 283 g/mol. The van der Waals surface area contributed by atoms with Crippen LogP contribution in [0.3, 0.4) is 0 Å². The molecule has 1 saturated heterocycles. The van der Waals surface area contributed by atoms with Crippen molar-refractivity contribution in [2.45, 2.75) is 25.8 Å². The van der Waals surface area contributed by atoms with Gasteiger partial charge < -0.3 is 15.7 Å². The van der Waals surface area contributed by atoms with Gasteiger partial charge in [-0.15, -0.1) is 11.3 Å². The Balaban J connectivity index is 1.93. The van der Waals surface area contributed by atoms with Crippen molar-refractivity contribution in [2.24, 2.45) is 5.92 Å². The van der Waals surface area contributed by atoms with E-state index in [9.17, 15) is 9.59 Å². The molecule has 7 heteroatoms. The third-order valence-electron chi connectivity index (χ3n) is 3.14. The van der Waals surface area contributed by atoms with Crippen LogP contribution < -0.4 is 10.6 Å². The van der Waals surface area contributed by atoms with Crippen LogP contribution in [-0.2, 0) is 4.79 Å². The van der Waals surface area contributed by atoms with Gasteiger partial charge >= 0.3 is 5.97 Å². The highest BCUT2D eigenvalue weighted by Crippen LogP contribution is 2.19. The summed E-state index contributed by atoms with van der Waals surface area (Å²) in [4.78, 5) is 26.8. The molecule has 3 N–H and O–H groups in total. The van der Waals surface area contributed by atoms with Crippen molar-refractivity contribution in [2.75, 3.05) is 13.1 Å². The van der Waals surface area contributed by atoms with E-state index in [2.05, 4.69) is 15.6 Å². The van der Waals surface area contributed by atoms with E-state index in [1.807, 2.05) is 6.92 Å². The monoisotopic (exact) mass is 283 g/mol. The quantitative estimate of drug-likeness (QED) is 0.767. The van der Waals surface area contributed by atoms with Crippen molar-refractivity contribution in [3.8, 4) is 0 Å². The lowest BCUT2D eigenvalue weighted by atomic mass is 9.98. The number of nitrogens with one attached hydrogen (secondary N) is 2. The maximum atomic E-state index is 12.0. The zero-order valence-electron chi connectivity index (χ0n) is 10.7. The molecule has 19 heavy (non-hydrogen) atoms. The number of carboxylic acid groups (broad SMARTS) is 1. The highest BCUT2D eigenvalue weighted by atomic mass is 32.1. The zero-order chi connectivity index (χ0) is 13.8. The molecule has 0 saturated carbocycles. The van der Waals surface area contributed by atoms with E-state index in [4.69, 9.17) is 5.11 Å². The summed E-state index contributed by atoms with van der Waals surface area (Å²) in [6.45, 7) is 3.49. The minimum Gasteiger partial charge on any atom is -0.476 e. The van der Waals surface area contributed by atoms with Gasteiger partial charge in [0.1, 0.15) is 5.01 Å². The van der Waals surface area contributed by atoms with E-state index >= 15 is 0 Å². The number of aromatic nitrogens is 1. The van der Waals surface area contributed by atoms with Crippen LogP contribution in [0.25, 0.3) is 0 Å². The predicted molar refractivity (Wildman–Crippen MR) is 71.2 cm³/mol. The van der Waals surface area contributed by atoms with Gasteiger partial charge in [0.25, 0.3) is 0 Å². The van der Waals surface area contributed by atoms with Crippen molar-refractivity contribution >= 4 is 23.2 Å². The number of carboxylic acids is 1. The molecule has 1 aromatic rings. The molecule has 0 radical (unpaired) electrons. The predicted octanol–water partition coefficient (Wildman–Crippen LogP) is 1.02. The number of rotatable bonds is 4. The van der Waals surface area contributed by atoms with Crippen molar-refractivity contribution in [1.82, 2.24) is 15.6 Å². The highest BCUT2D eigenvalue weighted by molar-refractivity contribution is 7.09. The van der Waals surface area contributed by atoms with Crippen LogP contribution in [0.5, 0.6) is 0 Å². The van der Waals surface area contributed by atoms with Gasteiger partial charge in [-0.2, -0.15) is 0 Å². The Bertz CT molecular complexity index is 469. The average Bonchev–Trinajstić information content (AvgIpc) is 2.89. The minimum absolute atomic E-state index is 0.00453. The Morgan fingerprint density at radius 2 is 2.42 bits per heavy atom. The number of hydrogen-bond acceptors (Lipinski definition) is 5. The van der Waals surface area contributed by atoms with E-state index in [-0.39, 0.29) is 23.6 Å². The summed E-state index contributed by atoms with van der Waals surface area (Å²) in [5.41, 5.74) is 0.0282. The fraction of sp³-hybridized carbons (Fsp3) is 0.583. The number of thiazole rings is 1. The summed E-state index contributed by atoms with van der Waals surface area (Å²) in [5, 5.41) is 17.0. The van der Waals surface area contributed by atoms with Crippen LogP contribution in [0, 0.1) is 5.92 Å². The third-order valence-corrected chi connectivity index (χ3v) is 4.17. The van der Waals surface area contributed by atoms with Crippen LogP contribution in [0.15, 0.2) is 5.38 Å². The second-order valence-corrected chi connectivity index (χ2v) is 5.54. The van der Waals surface area contributed by atoms with Crippen molar-refractivity contribution in [3.05, 3.63) is 16.1 Å². The Labute approximate surface area is 115 Å². The number of hydrogen-bond donors (Lipinski definition) is 3. The molecule has 1 amide bonds. The van der Waals surface area contributed by atoms with Gasteiger partial charge in [-0.25, -0.2) is 9.78 Å². The number of aromatic carboxylic acids is 1. The molecule has 104 valence electrons. The molecule has 0 aromatic carbocycles. The lowest BCUT2D eigenvalue weighted by Crippen LogP contribution is -2.41. The molecule has 1 fully saturated rings. The summed E-state index contributed by atoms with van der Waals surface area (Å²) < 4.78 is 0. The van der Waals surface area contributed by atoms with Gasteiger partial charge in [0.15, 0.2) is 5.69 Å². The van der Waals surface area contributed by atoms with Crippen LogP contribution in [-0.4, -0.2) is 35.1 Å². The molecule has 2 heterocycles. The van der Waals surface area contributed by atoms with E-state index < -0.39 is 5.97 Å². The molecule has 6 nitrogen and oxygen atoms in total. The van der Waals surface area contributed by atoms with E-state index in [1.165, 1.54) is 16.7 Å². The second kappa shape index (κ2) is 6.12. The molecular weight excluding hydrogens is 266 g/mol. The third kappa shape index (κ3) is 3.51. The Morgan fingerprint density at radius 3 is 3.00 bits per heavy atom. The summed E-state index contributed by atoms with van der Waals surface area (Å²) in [6.07, 6.45) is 1.90. The molecule has 0 aliphatic carbocycles. The van der Waals surface area contributed by atoms with E-state index in [1.54, 1.807) is 0 Å². The molecule has 1 aliphatic rings. The molecule has 2 atom stereocenters. The SMILES string of the molecule is CC(NC(=O)[C@@H]1CCCNC1)c1nc(C(=O)O)cs1. The number of carbonyl (C=O) groups is 2. The molecule has 1 unspecified atom stereocenters. The first-order valence-electron chi connectivity index (χ1n) is 6.27. The Hall–Kier alpha value is -1.47. The largest absolute Gasteiger partial charge is 0.476 e. The highest BCUT2D eigenvalue weighted by Gasteiger charge is 2.23. The maximum absolute atomic E-state index is 12.0. The summed E-state index contributed by atoms with van der Waals surface area (Å²) in [6, 6.07) is -0.257. The Morgan fingerprint density at radius 1 is 1.63 bits per heavy atom. The van der Waals surface area contributed by atoms with Crippen molar-refractivity contribution < 1.29 is 14.7 Å². The maximum Gasteiger partial charge on any atom is 0.355 e. The van der Waals surface area contributed by atoms with Gasteiger partial charge in [0.05, 0.1) is 12.0 Å². The van der Waals surface area contributed by atoms with Crippen LogP contribution in [0.2, 0.25) is 0 Å². The number of piperidine rings is 1. The van der Waals surface area contributed by atoms with Crippen molar-refractivity contribution in [3.63, 3.8) is 0 Å². The number of amides is 1. The molecule has 0 bridgehead atoms. The first kappa shape index (κ1) is 14.0. The molecule has 1 aromatic heterocycles. The summed E-state index contributed by atoms with van der Waals surface area (Å²) in [5.74, 6) is -1.04. The number of carbonyl (C=O) groups excluding carboxylic acids is 1. The van der Waals surface area contributed by atoms with Gasteiger partial charge in [-0.3, -0.25) is 4.79 Å². The fourth-order valence-electron chi connectivity index (χ4n) is 2.05. The summed E-state index contributed by atoms with van der Waals surface area (Å²) >= 11 is 1.25. The van der Waals surface area contributed by atoms with Crippen molar-refractivity contribution in [1.29, 1.82) is 0 Å². The molecule has 2 rings (SSSR count). The minimum atomic E-state index is -1.04. The Kier molecular flexibility index (Phi) is 4.49. The lowest BCUT2D eigenvalue weighted by Gasteiger charge is -2.23. The van der Waals surface area contributed by atoms with Crippen LogP contribution >= 0.6 is 11.3 Å². The first-order valence-corrected chi connectivity index (χ1v) is 7.15. The van der Waals surface area contributed by atoms with Gasteiger partial charge in [-0.1, -0.05) is 0 Å². The standard InChI is InChI=1S/C12H17N3O3S/c1-7(11-15-9(6-19-11)12(17)18)14-10(16)8-3-2-4-13-5-8/h6-8,13H,2-5H2,1H3,(H,14,16)(H,17,18)/t7?,8-/m1/s1. The molecule has 1 aliphatic heterocycles. The normalized spacial score (nSPS) is 20.8. The van der Waals surface area contributed by atoms with E-state index in [0.29, 0.717) is 11.6 Å². The smallest absolute Gasteiger partial charge is 0.355 e. The van der Waals surface area contributed by atoms with Crippen LogP contribution in [0.4, 0.5) is 0 Å². The zero-order valence-corrected chi connectivity index (χ0v) is 11.5. The second-order valence-electron chi connectivity index (χ2n) is 4.65. The molecular formula is C12H17N3O3S. The van der Waals surface area contributed by atoms with Gasteiger partial charge in [-0.05, 0) is 26.3 Å². The van der Waals surface area contributed by atoms with Gasteiger partial charge in [0, 0.05) is 11.9 Å². The van der Waals surface area contributed by atoms with E-state index in [0.717, 1.165) is 19.4 Å². The topological polar surface area (TPSA) is 91.3 Å².